The molecule has 27 heavy (non-hydrogen) atoms. The highest BCUT2D eigenvalue weighted by molar-refractivity contribution is 7.89. The van der Waals surface area contributed by atoms with E-state index in [2.05, 4.69) is 0 Å². The van der Waals surface area contributed by atoms with E-state index in [1.54, 1.807) is 0 Å². The summed E-state index contributed by atoms with van der Waals surface area (Å²) in [7, 11) is -2.28. The van der Waals surface area contributed by atoms with Gasteiger partial charge >= 0.3 is 5.97 Å². The molecule has 2 aliphatic rings. The number of benzene rings is 1. The number of nitrogens with zero attached hydrogens (tertiary/aromatic N) is 2. The molecule has 10 heteroatoms. The van der Waals surface area contributed by atoms with Gasteiger partial charge in [0, 0.05) is 38.7 Å². The van der Waals surface area contributed by atoms with Crippen LogP contribution in [0.15, 0.2) is 29.2 Å². The number of carboxylic acids is 1. The summed E-state index contributed by atoms with van der Waals surface area (Å²) in [6, 6.07) is 4.70. The SMILES string of the molecule is COC1CC(C(=O)O)N(C(=O)c2cccc(S(=O)(=O)N3CCOCC3)c2)C1. The molecule has 2 saturated heterocycles. The van der Waals surface area contributed by atoms with Gasteiger partial charge in [-0.05, 0) is 18.2 Å². The van der Waals surface area contributed by atoms with Crippen LogP contribution in [0, 0.1) is 0 Å². The Kier molecular flexibility index (Phi) is 5.80. The third-order valence-corrected chi connectivity index (χ3v) is 6.73. The van der Waals surface area contributed by atoms with Gasteiger partial charge in [-0.1, -0.05) is 6.07 Å². The Hall–Kier alpha value is -2.01. The molecule has 2 fully saturated rings. The molecule has 0 radical (unpaired) electrons. The largest absolute Gasteiger partial charge is 0.480 e. The van der Waals surface area contributed by atoms with E-state index >= 15 is 0 Å². The van der Waals surface area contributed by atoms with Crippen LogP contribution < -0.4 is 0 Å². The summed E-state index contributed by atoms with van der Waals surface area (Å²) in [4.78, 5) is 25.6. The van der Waals surface area contributed by atoms with Crippen LogP contribution in [-0.4, -0.2) is 86.7 Å². The number of morpholine rings is 1. The van der Waals surface area contributed by atoms with E-state index in [0.29, 0.717) is 13.2 Å². The topological polar surface area (TPSA) is 113 Å². The van der Waals surface area contributed by atoms with Gasteiger partial charge in [0.1, 0.15) is 6.04 Å². The number of carboxylic acid groups (broad SMARTS) is 1. The number of aliphatic carboxylic acids is 1. The summed E-state index contributed by atoms with van der Waals surface area (Å²) in [5.74, 6) is -1.64. The number of hydrogen-bond donors (Lipinski definition) is 1. The Morgan fingerprint density at radius 1 is 1.26 bits per heavy atom. The van der Waals surface area contributed by atoms with Gasteiger partial charge in [0.2, 0.25) is 10.0 Å². The molecule has 1 aromatic carbocycles. The molecule has 0 aromatic heterocycles. The van der Waals surface area contributed by atoms with E-state index in [0.717, 1.165) is 0 Å². The van der Waals surface area contributed by atoms with E-state index in [-0.39, 0.29) is 42.6 Å². The summed E-state index contributed by atoms with van der Waals surface area (Å²) in [6.45, 7) is 1.30. The second-order valence-corrected chi connectivity index (χ2v) is 8.39. The van der Waals surface area contributed by atoms with Crippen LogP contribution >= 0.6 is 0 Å². The predicted molar refractivity (Wildman–Crippen MR) is 93.9 cm³/mol. The van der Waals surface area contributed by atoms with Crippen molar-refractivity contribution in [3.8, 4) is 0 Å². The number of carbonyl (C=O) groups excluding carboxylic acids is 1. The van der Waals surface area contributed by atoms with E-state index < -0.39 is 27.9 Å². The number of likely N-dealkylation sites (tertiary alicyclic amines) is 1. The molecule has 9 nitrogen and oxygen atoms in total. The Balaban J connectivity index is 1.86. The van der Waals surface area contributed by atoms with Gasteiger partial charge < -0.3 is 19.5 Å². The van der Waals surface area contributed by atoms with Gasteiger partial charge in [0.25, 0.3) is 5.91 Å². The fourth-order valence-corrected chi connectivity index (χ4v) is 4.77. The molecule has 0 bridgehead atoms. The maximum Gasteiger partial charge on any atom is 0.326 e. The maximum atomic E-state index is 12.9. The van der Waals surface area contributed by atoms with Crippen molar-refractivity contribution < 1.29 is 32.6 Å². The van der Waals surface area contributed by atoms with E-state index in [1.165, 1.54) is 40.6 Å². The maximum absolute atomic E-state index is 12.9. The molecular weight excluding hydrogens is 376 g/mol. The summed E-state index contributed by atoms with van der Waals surface area (Å²) in [6.07, 6.45) is -0.168. The van der Waals surface area contributed by atoms with Crippen LogP contribution in [-0.2, 0) is 24.3 Å². The summed E-state index contributed by atoms with van der Waals surface area (Å²) in [5, 5.41) is 9.38. The molecule has 2 unspecified atom stereocenters. The average Bonchev–Trinajstić information content (AvgIpc) is 3.13. The Morgan fingerprint density at radius 3 is 2.59 bits per heavy atom. The lowest BCUT2D eigenvalue weighted by Gasteiger charge is -2.26. The van der Waals surface area contributed by atoms with Crippen molar-refractivity contribution in [2.24, 2.45) is 0 Å². The van der Waals surface area contributed by atoms with Crippen LogP contribution in [0.1, 0.15) is 16.8 Å². The second kappa shape index (κ2) is 7.93. The third kappa shape index (κ3) is 3.98. The standard InChI is InChI=1S/C17H22N2O7S/c1-25-13-10-15(17(21)22)19(11-13)16(20)12-3-2-4-14(9-12)27(23,24)18-5-7-26-8-6-18/h2-4,9,13,15H,5-8,10-11H2,1H3,(H,21,22). The predicted octanol–water partition coefficient (Wildman–Crippen LogP) is 0.0216. The van der Waals surface area contributed by atoms with Gasteiger partial charge in [0.15, 0.2) is 0 Å². The lowest BCUT2D eigenvalue weighted by atomic mass is 10.1. The first kappa shape index (κ1) is 19.7. The molecule has 2 aliphatic heterocycles. The lowest BCUT2D eigenvalue weighted by Crippen LogP contribution is -2.41. The summed E-state index contributed by atoms with van der Waals surface area (Å²) in [5.41, 5.74) is 0.132. The molecule has 3 rings (SSSR count). The molecule has 1 amide bonds. The average molecular weight is 398 g/mol. The van der Waals surface area contributed by atoms with Crippen LogP contribution in [0.3, 0.4) is 0 Å². The highest BCUT2D eigenvalue weighted by atomic mass is 32.2. The van der Waals surface area contributed by atoms with Gasteiger partial charge in [0.05, 0.1) is 24.2 Å². The number of carbonyl (C=O) groups is 2. The van der Waals surface area contributed by atoms with Crippen molar-refractivity contribution in [2.75, 3.05) is 40.0 Å². The Bertz CT molecular complexity index is 820. The molecule has 1 aromatic rings. The van der Waals surface area contributed by atoms with Crippen molar-refractivity contribution in [3.05, 3.63) is 29.8 Å². The highest BCUT2D eigenvalue weighted by Crippen LogP contribution is 2.24. The number of amides is 1. The zero-order valence-corrected chi connectivity index (χ0v) is 15.7. The first-order valence-electron chi connectivity index (χ1n) is 8.59. The van der Waals surface area contributed by atoms with Crippen molar-refractivity contribution in [2.45, 2.75) is 23.5 Å². The molecule has 1 N–H and O–H groups in total. The minimum Gasteiger partial charge on any atom is -0.480 e. The lowest BCUT2D eigenvalue weighted by molar-refractivity contribution is -0.141. The fraction of sp³-hybridized carbons (Fsp3) is 0.529. The van der Waals surface area contributed by atoms with E-state index in [9.17, 15) is 23.1 Å². The molecular formula is C17H22N2O7S. The van der Waals surface area contributed by atoms with Crippen LogP contribution in [0.4, 0.5) is 0 Å². The number of hydrogen-bond acceptors (Lipinski definition) is 6. The second-order valence-electron chi connectivity index (χ2n) is 6.45. The van der Waals surface area contributed by atoms with Crippen LogP contribution in [0.2, 0.25) is 0 Å². The zero-order chi connectivity index (χ0) is 19.6. The number of sulfonamides is 1. The molecule has 0 saturated carbocycles. The molecule has 0 aliphatic carbocycles. The van der Waals surface area contributed by atoms with Gasteiger partial charge in [-0.2, -0.15) is 4.31 Å². The van der Waals surface area contributed by atoms with Crippen LogP contribution in [0.25, 0.3) is 0 Å². The van der Waals surface area contributed by atoms with Crippen molar-refractivity contribution >= 4 is 21.9 Å². The number of ether oxygens (including phenoxy) is 2. The smallest absolute Gasteiger partial charge is 0.326 e. The molecule has 2 atom stereocenters. The van der Waals surface area contributed by atoms with Crippen LogP contribution in [0.5, 0.6) is 0 Å². The third-order valence-electron chi connectivity index (χ3n) is 4.83. The van der Waals surface area contributed by atoms with E-state index in [4.69, 9.17) is 9.47 Å². The Labute approximate surface area is 157 Å². The minimum absolute atomic E-state index is 0.00427. The van der Waals surface area contributed by atoms with Gasteiger partial charge in [-0.3, -0.25) is 4.79 Å². The van der Waals surface area contributed by atoms with Crippen molar-refractivity contribution in [1.29, 1.82) is 0 Å². The Morgan fingerprint density at radius 2 is 1.96 bits per heavy atom. The van der Waals surface area contributed by atoms with Gasteiger partial charge in [-0.25, -0.2) is 13.2 Å². The fourth-order valence-electron chi connectivity index (χ4n) is 3.32. The first-order chi connectivity index (χ1) is 12.8. The normalized spacial score (nSPS) is 24.1. The van der Waals surface area contributed by atoms with E-state index in [1.807, 2.05) is 0 Å². The summed E-state index contributed by atoms with van der Waals surface area (Å²) >= 11 is 0. The first-order valence-corrected chi connectivity index (χ1v) is 10.0. The quantitative estimate of drug-likeness (QED) is 0.744. The van der Waals surface area contributed by atoms with Crippen molar-refractivity contribution in [1.82, 2.24) is 9.21 Å². The monoisotopic (exact) mass is 398 g/mol. The number of rotatable bonds is 5. The highest BCUT2D eigenvalue weighted by Gasteiger charge is 2.40. The van der Waals surface area contributed by atoms with Crippen molar-refractivity contribution in [3.63, 3.8) is 0 Å². The molecule has 0 spiro atoms. The minimum atomic E-state index is -3.75. The number of methoxy groups -OCH3 is 1. The zero-order valence-electron chi connectivity index (χ0n) is 14.9. The molecule has 148 valence electrons. The van der Waals surface area contributed by atoms with Gasteiger partial charge in [-0.15, -0.1) is 0 Å². The molecule has 2 heterocycles. The summed E-state index contributed by atoms with van der Waals surface area (Å²) < 4.78 is 37.3.